The van der Waals surface area contributed by atoms with E-state index in [1.54, 1.807) is 17.0 Å². The Balaban J connectivity index is 1.42. The van der Waals surface area contributed by atoms with Crippen molar-refractivity contribution in [3.05, 3.63) is 115 Å². The standard InChI is InChI=1S/C26H25N3O2/c1-2-15-28(17-14-21-9-4-3-5-10-21)26(30)22-11-8-12-24(18-22)31-20-23-19-29-16-7-6-13-25(29)27-23/h2-13,16,18-19H,1,14-15,17,20H2. The van der Waals surface area contributed by atoms with Crippen LogP contribution in [0.5, 0.6) is 5.75 Å². The average molecular weight is 412 g/mol. The van der Waals surface area contributed by atoms with Crippen LogP contribution in [0.2, 0.25) is 0 Å². The molecular weight excluding hydrogens is 386 g/mol. The van der Waals surface area contributed by atoms with Gasteiger partial charge in [0, 0.05) is 31.0 Å². The third-order valence-corrected chi connectivity index (χ3v) is 5.03. The Morgan fingerprint density at radius 3 is 2.71 bits per heavy atom. The predicted molar refractivity (Wildman–Crippen MR) is 122 cm³/mol. The van der Waals surface area contributed by atoms with Crippen LogP contribution in [0.15, 0.2) is 97.8 Å². The number of hydrogen-bond acceptors (Lipinski definition) is 3. The summed E-state index contributed by atoms with van der Waals surface area (Å²) in [6.07, 6.45) is 6.45. The van der Waals surface area contributed by atoms with Gasteiger partial charge in [-0.25, -0.2) is 4.98 Å². The molecule has 156 valence electrons. The minimum Gasteiger partial charge on any atom is -0.487 e. The van der Waals surface area contributed by atoms with E-state index in [0.717, 1.165) is 17.8 Å². The second-order valence-electron chi connectivity index (χ2n) is 7.29. The van der Waals surface area contributed by atoms with Crippen LogP contribution >= 0.6 is 0 Å². The van der Waals surface area contributed by atoms with E-state index >= 15 is 0 Å². The summed E-state index contributed by atoms with van der Waals surface area (Å²) in [5.41, 5.74) is 3.51. The summed E-state index contributed by atoms with van der Waals surface area (Å²) in [6.45, 7) is 5.26. The molecule has 0 atom stereocenters. The van der Waals surface area contributed by atoms with Gasteiger partial charge in [0.2, 0.25) is 0 Å². The first-order valence-electron chi connectivity index (χ1n) is 10.3. The number of imidazole rings is 1. The summed E-state index contributed by atoms with van der Waals surface area (Å²) in [7, 11) is 0. The van der Waals surface area contributed by atoms with E-state index in [2.05, 4.69) is 23.7 Å². The molecule has 5 heteroatoms. The number of carbonyl (C=O) groups excluding carboxylic acids is 1. The first-order valence-corrected chi connectivity index (χ1v) is 10.3. The second-order valence-corrected chi connectivity index (χ2v) is 7.29. The highest BCUT2D eigenvalue weighted by Gasteiger charge is 2.15. The number of ether oxygens (including phenoxy) is 1. The zero-order valence-electron chi connectivity index (χ0n) is 17.4. The van der Waals surface area contributed by atoms with Crippen LogP contribution in [0.1, 0.15) is 21.6 Å². The molecule has 0 aliphatic heterocycles. The summed E-state index contributed by atoms with van der Waals surface area (Å²) in [4.78, 5) is 19.5. The molecule has 1 amide bonds. The van der Waals surface area contributed by atoms with Gasteiger partial charge < -0.3 is 14.0 Å². The van der Waals surface area contributed by atoms with Gasteiger partial charge in [0.15, 0.2) is 0 Å². The Bertz CT molecular complexity index is 1130. The molecule has 0 saturated carbocycles. The minimum atomic E-state index is -0.0333. The fourth-order valence-electron chi connectivity index (χ4n) is 3.46. The maximum absolute atomic E-state index is 13.1. The Kier molecular flexibility index (Phi) is 6.43. The topological polar surface area (TPSA) is 46.8 Å². The molecule has 0 radical (unpaired) electrons. The largest absolute Gasteiger partial charge is 0.487 e. The first-order chi connectivity index (χ1) is 15.2. The van der Waals surface area contributed by atoms with E-state index in [0.29, 0.717) is 31.0 Å². The van der Waals surface area contributed by atoms with E-state index in [-0.39, 0.29) is 5.91 Å². The Hall–Kier alpha value is -3.86. The lowest BCUT2D eigenvalue weighted by Gasteiger charge is -2.21. The maximum Gasteiger partial charge on any atom is 0.254 e. The number of nitrogens with zero attached hydrogens (tertiary/aromatic N) is 3. The Morgan fingerprint density at radius 1 is 1.06 bits per heavy atom. The molecule has 2 aromatic heterocycles. The molecule has 2 heterocycles. The molecular formula is C26H25N3O2. The van der Waals surface area contributed by atoms with Crippen LogP contribution in [0, 0.1) is 0 Å². The molecule has 0 bridgehead atoms. The van der Waals surface area contributed by atoms with Gasteiger partial charge in [-0.2, -0.15) is 0 Å². The smallest absolute Gasteiger partial charge is 0.254 e. The summed E-state index contributed by atoms with van der Waals surface area (Å²) in [5.74, 6) is 0.610. The van der Waals surface area contributed by atoms with Crippen molar-refractivity contribution in [2.75, 3.05) is 13.1 Å². The van der Waals surface area contributed by atoms with Crippen LogP contribution in [0.4, 0.5) is 0 Å². The molecule has 2 aromatic carbocycles. The third-order valence-electron chi connectivity index (χ3n) is 5.03. The van der Waals surface area contributed by atoms with Crippen molar-refractivity contribution >= 4 is 11.6 Å². The molecule has 0 fully saturated rings. The van der Waals surface area contributed by atoms with Crippen molar-refractivity contribution in [3.63, 3.8) is 0 Å². The van der Waals surface area contributed by atoms with Crippen LogP contribution in [-0.2, 0) is 13.0 Å². The first kappa shape index (κ1) is 20.4. The van der Waals surface area contributed by atoms with Crippen LogP contribution in [-0.4, -0.2) is 33.3 Å². The fraction of sp³-hybridized carbons (Fsp3) is 0.154. The van der Waals surface area contributed by atoms with Crippen LogP contribution in [0.25, 0.3) is 5.65 Å². The zero-order valence-corrected chi connectivity index (χ0v) is 17.4. The van der Waals surface area contributed by atoms with Gasteiger partial charge in [-0.15, -0.1) is 6.58 Å². The molecule has 0 aliphatic carbocycles. The number of fused-ring (bicyclic) bond motifs is 1. The molecule has 0 unspecified atom stereocenters. The normalized spacial score (nSPS) is 10.7. The van der Waals surface area contributed by atoms with Crippen molar-refractivity contribution in [2.45, 2.75) is 13.0 Å². The van der Waals surface area contributed by atoms with Gasteiger partial charge in [0.25, 0.3) is 5.91 Å². The minimum absolute atomic E-state index is 0.0333. The number of hydrogen-bond donors (Lipinski definition) is 0. The van der Waals surface area contributed by atoms with Gasteiger partial charge in [-0.3, -0.25) is 4.79 Å². The van der Waals surface area contributed by atoms with E-state index < -0.39 is 0 Å². The highest BCUT2D eigenvalue weighted by Crippen LogP contribution is 2.17. The predicted octanol–water partition coefficient (Wildman–Crippen LogP) is 4.78. The molecule has 4 aromatic rings. The van der Waals surface area contributed by atoms with Crippen LogP contribution in [0.3, 0.4) is 0 Å². The van der Waals surface area contributed by atoms with E-state index in [4.69, 9.17) is 4.74 Å². The molecule has 31 heavy (non-hydrogen) atoms. The molecule has 0 N–H and O–H groups in total. The third kappa shape index (κ3) is 5.20. The van der Waals surface area contributed by atoms with Crippen molar-refractivity contribution in [2.24, 2.45) is 0 Å². The van der Waals surface area contributed by atoms with E-state index in [1.165, 1.54) is 5.56 Å². The lowest BCUT2D eigenvalue weighted by Crippen LogP contribution is -2.33. The number of rotatable bonds is 9. The number of amides is 1. The second kappa shape index (κ2) is 9.76. The zero-order chi connectivity index (χ0) is 21.5. The van der Waals surface area contributed by atoms with Crippen molar-refractivity contribution in [3.8, 4) is 5.75 Å². The molecule has 5 nitrogen and oxygen atoms in total. The average Bonchev–Trinajstić information content (AvgIpc) is 3.24. The highest BCUT2D eigenvalue weighted by atomic mass is 16.5. The SMILES string of the molecule is C=CCN(CCc1ccccc1)C(=O)c1cccc(OCc2cn3ccccc3n2)c1. The van der Waals surface area contributed by atoms with Gasteiger partial charge in [0.05, 0.1) is 5.69 Å². The summed E-state index contributed by atoms with van der Waals surface area (Å²) < 4.78 is 7.87. The van der Waals surface area contributed by atoms with Gasteiger partial charge in [-0.1, -0.05) is 48.5 Å². The Labute approximate surface area is 182 Å². The fourth-order valence-corrected chi connectivity index (χ4v) is 3.46. The summed E-state index contributed by atoms with van der Waals surface area (Å²) in [5, 5.41) is 0. The summed E-state index contributed by atoms with van der Waals surface area (Å²) in [6, 6.07) is 23.3. The van der Waals surface area contributed by atoms with Gasteiger partial charge >= 0.3 is 0 Å². The number of pyridine rings is 1. The van der Waals surface area contributed by atoms with E-state index in [9.17, 15) is 4.79 Å². The summed E-state index contributed by atoms with van der Waals surface area (Å²) >= 11 is 0. The van der Waals surface area contributed by atoms with Gasteiger partial charge in [0.1, 0.15) is 18.0 Å². The Morgan fingerprint density at radius 2 is 1.90 bits per heavy atom. The van der Waals surface area contributed by atoms with Crippen molar-refractivity contribution in [1.82, 2.24) is 14.3 Å². The number of aromatic nitrogens is 2. The number of carbonyl (C=O) groups is 1. The van der Waals surface area contributed by atoms with E-state index in [1.807, 2.05) is 71.4 Å². The molecule has 4 rings (SSSR count). The van der Waals surface area contributed by atoms with Gasteiger partial charge in [-0.05, 0) is 42.3 Å². The molecule has 0 aliphatic rings. The number of benzene rings is 2. The van der Waals surface area contributed by atoms with Crippen molar-refractivity contribution in [1.29, 1.82) is 0 Å². The lowest BCUT2D eigenvalue weighted by molar-refractivity contribution is 0.0775. The quantitative estimate of drug-likeness (QED) is 0.372. The highest BCUT2D eigenvalue weighted by molar-refractivity contribution is 5.94. The molecule has 0 saturated heterocycles. The van der Waals surface area contributed by atoms with Crippen LogP contribution < -0.4 is 4.74 Å². The lowest BCUT2D eigenvalue weighted by atomic mass is 10.1. The maximum atomic E-state index is 13.1. The monoisotopic (exact) mass is 411 g/mol. The molecule has 0 spiro atoms. The van der Waals surface area contributed by atoms with Crippen molar-refractivity contribution < 1.29 is 9.53 Å².